The molecule has 0 radical (unpaired) electrons. The second-order valence-corrected chi connectivity index (χ2v) is 6.53. The molecule has 2 aromatic rings. The van der Waals surface area contributed by atoms with Crippen LogP contribution in [-0.4, -0.2) is 57.5 Å². The van der Waals surface area contributed by atoms with Crippen LogP contribution in [0.5, 0.6) is 5.75 Å². The number of hydrogen-bond donors (Lipinski definition) is 1. The summed E-state index contributed by atoms with van der Waals surface area (Å²) in [5, 5.41) is 9.53. The molecule has 6 heteroatoms. The highest BCUT2D eigenvalue weighted by atomic mass is 16.3. The van der Waals surface area contributed by atoms with E-state index >= 15 is 0 Å². The Hall–Kier alpha value is -2.76. The lowest BCUT2D eigenvalue weighted by Gasteiger charge is -2.35. The van der Waals surface area contributed by atoms with E-state index in [1.54, 1.807) is 21.9 Å². The molecule has 1 aromatic carbocycles. The monoisotopic (exact) mass is 341 g/mol. The van der Waals surface area contributed by atoms with Crippen molar-refractivity contribution in [2.45, 2.75) is 19.9 Å². The Kier molecular flexibility index (Phi) is 4.79. The fourth-order valence-electron chi connectivity index (χ4n) is 3.12. The topological polar surface area (TPSA) is 65.8 Å². The Morgan fingerprint density at radius 2 is 1.60 bits per heavy atom. The molecule has 1 fully saturated rings. The first-order valence-electron chi connectivity index (χ1n) is 8.52. The van der Waals surface area contributed by atoms with Gasteiger partial charge < -0.3 is 19.5 Å². The van der Waals surface area contributed by atoms with Crippen molar-refractivity contribution in [2.75, 3.05) is 26.2 Å². The van der Waals surface area contributed by atoms with Crippen LogP contribution >= 0.6 is 0 Å². The summed E-state index contributed by atoms with van der Waals surface area (Å²) >= 11 is 0. The van der Waals surface area contributed by atoms with E-state index in [4.69, 9.17) is 0 Å². The maximum Gasteiger partial charge on any atom is 0.270 e. The van der Waals surface area contributed by atoms with Gasteiger partial charge in [0, 0.05) is 44.0 Å². The third-order valence-electron chi connectivity index (χ3n) is 4.50. The summed E-state index contributed by atoms with van der Waals surface area (Å²) in [5.41, 5.74) is 1.15. The smallest absolute Gasteiger partial charge is 0.270 e. The van der Waals surface area contributed by atoms with Crippen molar-refractivity contribution in [3.05, 3.63) is 53.9 Å². The summed E-state index contributed by atoms with van der Waals surface area (Å²) in [4.78, 5) is 28.8. The summed E-state index contributed by atoms with van der Waals surface area (Å²) in [5.74, 6) is -0.0363. The highest BCUT2D eigenvalue weighted by Crippen LogP contribution is 2.17. The van der Waals surface area contributed by atoms with Crippen LogP contribution in [0.2, 0.25) is 0 Å². The molecule has 0 atom stereocenters. The Morgan fingerprint density at radius 3 is 2.20 bits per heavy atom. The number of rotatable bonds is 3. The number of phenols is 1. The molecule has 0 unspecified atom stereocenters. The molecule has 0 saturated carbocycles. The molecule has 2 heterocycles. The number of amides is 2. The zero-order chi connectivity index (χ0) is 18.0. The van der Waals surface area contributed by atoms with Crippen molar-refractivity contribution in [1.82, 2.24) is 14.4 Å². The highest BCUT2D eigenvalue weighted by molar-refractivity contribution is 5.95. The summed E-state index contributed by atoms with van der Waals surface area (Å²) in [7, 11) is 0. The van der Waals surface area contributed by atoms with Gasteiger partial charge in [0.25, 0.3) is 11.8 Å². The minimum absolute atomic E-state index is 0.00292. The van der Waals surface area contributed by atoms with E-state index in [2.05, 4.69) is 0 Å². The van der Waals surface area contributed by atoms with Gasteiger partial charge in [-0.3, -0.25) is 9.59 Å². The van der Waals surface area contributed by atoms with Gasteiger partial charge in [-0.25, -0.2) is 0 Å². The van der Waals surface area contributed by atoms with Crippen LogP contribution in [-0.2, 0) is 0 Å². The summed E-state index contributed by atoms with van der Waals surface area (Å²) in [6.45, 7) is 6.08. The SMILES string of the molecule is CC(C)n1cccc1C(=O)N1CCN(C(=O)c2cccc(O)c2)CC1. The molecular weight excluding hydrogens is 318 g/mol. The maximum atomic E-state index is 12.7. The molecule has 2 amide bonds. The third kappa shape index (κ3) is 3.52. The van der Waals surface area contributed by atoms with Gasteiger partial charge in [-0.2, -0.15) is 0 Å². The van der Waals surface area contributed by atoms with Crippen LogP contribution in [0, 0.1) is 0 Å². The molecular formula is C19H23N3O3. The van der Waals surface area contributed by atoms with Crippen LogP contribution in [0.25, 0.3) is 0 Å². The predicted molar refractivity (Wildman–Crippen MR) is 94.7 cm³/mol. The van der Waals surface area contributed by atoms with Crippen molar-refractivity contribution >= 4 is 11.8 Å². The molecule has 0 aliphatic carbocycles. The number of piperazine rings is 1. The third-order valence-corrected chi connectivity index (χ3v) is 4.50. The number of aromatic nitrogens is 1. The first-order valence-corrected chi connectivity index (χ1v) is 8.52. The summed E-state index contributed by atoms with van der Waals surface area (Å²) < 4.78 is 1.96. The van der Waals surface area contributed by atoms with E-state index in [0.717, 1.165) is 0 Å². The Morgan fingerprint density at radius 1 is 0.960 bits per heavy atom. The average Bonchev–Trinajstić information content (AvgIpc) is 3.10. The zero-order valence-electron chi connectivity index (χ0n) is 14.6. The van der Waals surface area contributed by atoms with E-state index < -0.39 is 0 Å². The minimum atomic E-state index is -0.117. The molecule has 1 aromatic heterocycles. The lowest BCUT2D eigenvalue weighted by Crippen LogP contribution is -2.50. The fraction of sp³-hybridized carbons (Fsp3) is 0.368. The maximum absolute atomic E-state index is 12.7. The van der Waals surface area contributed by atoms with Crippen molar-refractivity contribution in [1.29, 1.82) is 0 Å². The normalized spacial score (nSPS) is 14.8. The minimum Gasteiger partial charge on any atom is -0.508 e. The van der Waals surface area contributed by atoms with Gasteiger partial charge >= 0.3 is 0 Å². The summed E-state index contributed by atoms with van der Waals surface area (Å²) in [6, 6.07) is 10.3. The number of hydrogen-bond acceptors (Lipinski definition) is 3. The summed E-state index contributed by atoms with van der Waals surface area (Å²) in [6.07, 6.45) is 1.92. The van der Waals surface area contributed by atoms with E-state index in [0.29, 0.717) is 37.4 Å². The molecule has 0 spiro atoms. The van der Waals surface area contributed by atoms with E-state index in [9.17, 15) is 14.7 Å². The van der Waals surface area contributed by atoms with Crippen LogP contribution in [0.4, 0.5) is 0 Å². The quantitative estimate of drug-likeness (QED) is 0.932. The molecule has 0 bridgehead atoms. The molecule has 1 N–H and O–H groups in total. The van der Waals surface area contributed by atoms with Crippen LogP contribution in [0.1, 0.15) is 40.7 Å². The van der Waals surface area contributed by atoms with Crippen LogP contribution < -0.4 is 0 Å². The van der Waals surface area contributed by atoms with Gasteiger partial charge in [0.05, 0.1) is 0 Å². The van der Waals surface area contributed by atoms with Crippen molar-refractivity contribution < 1.29 is 14.7 Å². The Balaban J connectivity index is 1.64. The molecule has 1 aliphatic rings. The van der Waals surface area contributed by atoms with Gasteiger partial charge in [-0.1, -0.05) is 6.07 Å². The first kappa shape index (κ1) is 17.1. The Bertz CT molecular complexity index is 774. The first-order chi connectivity index (χ1) is 12.0. The molecule has 25 heavy (non-hydrogen) atoms. The van der Waals surface area contributed by atoms with Gasteiger partial charge in [0.1, 0.15) is 11.4 Å². The molecule has 132 valence electrons. The highest BCUT2D eigenvalue weighted by Gasteiger charge is 2.27. The fourth-order valence-corrected chi connectivity index (χ4v) is 3.12. The van der Waals surface area contributed by atoms with Crippen molar-refractivity contribution in [2.24, 2.45) is 0 Å². The standard InChI is InChI=1S/C19H23N3O3/c1-14(2)22-8-4-7-17(22)19(25)21-11-9-20(10-12-21)18(24)15-5-3-6-16(23)13-15/h3-8,13-14,23H,9-12H2,1-2H3. The molecule has 6 nitrogen and oxygen atoms in total. The van der Waals surface area contributed by atoms with Crippen molar-refractivity contribution in [3.63, 3.8) is 0 Å². The van der Waals surface area contributed by atoms with Gasteiger partial charge in [-0.15, -0.1) is 0 Å². The van der Waals surface area contributed by atoms with Crippen molar-refractivity contribution in [3.8, 4) is 5.75 Å². The number of carbonyl (C=O) groups is 2. The van der Waals surface area contributed by atoms with E-state index in [1.807, 2.05) is 36.7 Å². The lowest BCUT2D eigenvalue weighted by molar-refractivity contribution is 0.0528. The van der Waals surface area contributed by atoms with Crippen LogP contribution in [0.15, 0.2) is 42.6 Å². The van der Waals surface area contributed by atoms with Gasteiger partial charge in [0.15, 0.2) is 0 Å². The Labute approximate surface area is 147 Å². The number of phenolic OH excluding ortho intramolecular Hbond substituents is 1. The number of nitrogens with zero attached hydrogens (tertiary/aromatic N) is 3. The van der Waals surface area contributed by atoms with Crippen LogP contribution in [0.3, 0.4) is 0 Å². The second kappa shape index (κ2) is 7.01. The number of aromatic hydroxyl groups is 1. The molecule has 1 aliphatic heterocycles. The average molecular weight is 341 g/mol. The predicted octanol–water partition coefficient (Wildman–Crippen LogP) is 2.37. The van der Waals surface area contributed by atoms with E-state index in [1.165, 1.54) is 12.1 Å². The number of carbonyl (C=O) groups excluding carboxylic acids is 2. The van der Waals surface area contributed by atoms with Gasteiger partial charge in [-0.05, 0) is 44.2 Å². The lowest BCUT2D eigenvalue weighted by atomic mass is 10.1. The van der Waals surface area contributed by atoms with E-state index in [-0.39, 0.29) is 23.6 Å². The number of benzene rings is 1. The molecule has 3 rings (SSSR count). The van der Waals surface area contributed by atoms with Gasteiger partial charge in [0.2, 0.25) is 0 Å². The molecule has 1 saturated heterocycles. The largest absolute Gasteiger partial charge is 0.508 e. The second-order valence-electron chi connectivity index (χ2n) is 6.53. The zero-order valence-corrected chi connectivity index (χ0v) is 14.6.